The highest BCUT2D eigenvalue weighted by molar-refractivity contribution is 5.11. The number of hydrogen-bond acceptors (Lipinski definition) is 2. The number of hydrogen-bond donors (Lipinski definition) is 0. The van der Waals surface area contributed by atoms with Gasteiger partial charge in [-0.2, -0.15) is 5.10 Å². The van der Waals surface area contributed by atoms with E-state index in [0.717, 1.165) is 25.3 Å². The number of nitrogens with zero attached hydrogens (tertiary/aromatic N) is 2. The molecule has 13 heavy (non-hydrogen) atoms. The molecule has 3 heteroatoms. The summed E-state index contributed by atoms with van der Waals surface area (Å²) in [5.74, 6) is 1.44. The summed E-state index contributed by atoms with van der Waals surface area (Å²) in [6, 6.07) is 0. The van der Waals surface area contributed by atoms with E-state index in [1.807, 2.05) is 10.9 Å². The summed E-state index contributed by atoms with van der Waals surface area (Å²) < 4.78 is 7.42. The Morgan fingerprint density at radius 1 is 1.54 bits per heavy atom. The van der Waals surface area contributed by atoms with Crippen LogP contribution in [0.5, 0.6) is 5.75 Å². The molecule has 0 spiro atoms. The molecule has 0 aliphatic carbocycles. The zero-order chi connectivity index (χ0) is 9.68. The molecule has 0 aromatic carbocycles. The Kier molecular flexibility index (Phi) is 3.80. The minimum absolute atomic E-state index is 0.564. The topological polar surface area (TPSA) is 27.1 Å². The van der Waals surface area contributed by atoms with Gasteiger partial charge in [-0.1, -0.05) is 20.8 Å². The minimum atomic E-state index is 0.564. The highest BCUT2D eigenvalue weighted by Crippen LogP contribution is 2.09. The van der Waals surface area contributed by atoms with Crippen molar-refractivity contribution >= 4 is 0 Å². The normalized spacial score (nSPS) is 10.8. The molecule has 0 saturated heterocycles. The van der Waals surface area contributed by atoms with Crippen molar-refractivity contribution < 1.29 is 4.74 Å². The lowest BCUT2D eigenvalue weighted by atomic mass is 10.2. The molecule has 0 fully saturated rings. The SMILES string of the molecule is CCCn1cc(OCC(C)C)cn1. The van der Waals surface area contributed by atoms with Crippen LogP contribution >= 0.6 is 0 Å². The Morgan fingerprint density at radius 2 is 2.31 bits per heavy atom. The van der Waals surface area contributed by atoms with E-state index in [0.29, 0.717) is 5.92 Å². The van der Waals surface area contributed by atoms with E-state index in [-0.39, 0.29) is 0 Å². The van der Waals surface area contributed by atoms with Crippen LogP contribution in [0.3, 0.4) is 0 Å². The van der Waals surface area contributed by atoms with Crippen molar-refractivity contribution in [3.63, 3.8) is 0 Å². The Balaban J connectivity index is 2.39. The van der Waals surface area contributed by atoms with Gasteiger partial charge in [0.2, 0.25) is 0 Å². The number of rotatable bonds is 5. The van der Waals surface area contributed by atoms with Crippen LogP contribution in [0.25, 0.3) is 0 Å². The third kappa shape index (κ3) is 3.49. The zero-order valence-corrected chi connectivity index (χ0v) is 8.66. The largest absolute Gasteiger partial charge is 0.490 e. The molecule has 0 N–H and O–H groups in total. The van der Waals surface area contributed by atoms with Gasteiger partial charge in [0.05, 0.1) is 19.0 Å². The molecule has 74 valence electrons. The van der Waals surface area contributed by atoms with Crippen LogP contribution < -0.4 is 4.74 Å². The Morgan fingerprint density at radius 3 is 2.92 bits per heavy atom. The summed E-state index contributed by atoms with van der Waals surface area (Å²) >= 11 is 0. The fourth-order valence-corrected chi connectivity index (χ4v) is 1.03. The van der Waals surface area contributed by atoms with Crippen molar-refractivity contribution in [2.24, 2.45) is 5.92 Å². The molecular formula is C10H18N2O. The van der Waals surface area contributed by atoms with Crippen molar-refractivity contribution in [1.29, 1.82) is 0 Å². The summed E-state index contributed by atoms with van der Waals surface area (Å²) in [5, 5.41) is 4.18. The van der Waals surface area contributed by atoms with E-state index in [1.54, 1.807) is 6.20 Å². The molecule has 0 atom stereocenters. The van der Waals surface area contributed by atoms with Gasteiger partial charge >= 0.3 is 0 Å². The first-order chi connectivity index (χ1) is 6.22. The van der Waals surface area contributed by atoms with Crippen LogP contribution in [0, 0.1) is 5.92 Å². The highest BCUT2D eigenvalue weighted by Gasteiger charge is 1.99. The van der Waals surface area contributed by atoms with Gasteiger partial charge in [-0.15, -0.1) is 0 Å². The summed E-state index contributed by atoms with van der Waals surface area (Å²) in [7, 11) is 0. The molecule has 1 aromatic heterocycles. The van der Waals surface area contributed by atoms with Gasteiger partial charge < -0.3 is 4.74 Å². The maximum atomic E-state index is 5.51. The molecule has 0 radical (unpaired) electrons. The van der Waals surface area contributed by atoms with Gasteiger partial charge in [0, 0.05) is 6.54 Å². The van der Waals surface area contributed by atoms with Crippen molar-refractivity contribution in [3.8, 4) is 5.75 Å². The second-order valence-corrected chi connectivity index (χ2v) is 3.64. The molecule has 0 bridgehead atoms. The van der Waals surface area contributed by atoms with E-state index < -0.39 is 0 Å². The highest BCUT2D eigenvalue weighted by atomic mass is 16.5. The fourth-order valence-electron chi connectivity index (χ4n) is 1.03. The summed E-state index contributed by atoms with van der Waals surface area (Å²) in [5.41, 5.74) is 0. The Hall–Kier alpha value is -0.990. The van der Waals surface area contributed by atoms with Crippen LogP contribution in [-0.4, -0.2) is 16.4 Å². The van der Waals surface area contributed by atoms with Crippen LogP contribution in [0.4, 0.5) is 0 Å². The molecule has 0 saturated carbocycles. The van der Waals surface area contributed by atoms with E-state index >= 15 is 0 Å². The van der Waals surface area contributed by atoms with Crippen LogP contribution in [0.1, 0.15) is 27.2 Å². The van der Waals surface area contributed by atoms with Gasteiger partial charge in [-0.3, -0.25) is 4.68 Å². The first kappa shape index (κ1) is 10.1. The average Bonchev–Trinajstić information content (AvgIpc) is 2.50. The van der Waals surface area contributed by atoms with Gasteiger partial charge in [0.1, 0.15) is 0 Å². The number of aryl methyl sites for hydroxylation is 1. The second kappa shape index (κ2) is 4.90. The molecular weight excluding hydrogens is 164 g/mol. The molecule has 0 amide bonds. The third-order valence-corrected chi connectivity index (χ3v) is 1.65. The smallest absolute Gasteiger partial charge is 0.157 e. The molecule has 1 heterocycles. The zero-order valence-electron chi connectivity index (χ0n) is 8.66. The molecule has 0 unspecified atom stereocenters. The summed E-state index contributed by atoms with van der Waals surface area (Å²) in [4.78, 5) is 0. The quantitative estimate of drug-likeness (QED) is 0.698. The Labute approximate surface area is 79.7 Å². The number of ether oxygens (including phenoxy) is 1. The fraction of sp³-hybridized carbons (Fsp3) is 0.700. The van der Waals surface area contributed by atoms with Crippen LogP contribution in [0.2, 0.25) is 0 Å². The first-order valence-electron chi connectivity index (χ1n) is 4.87. The van der Waals surface area contributed by atoms with Gasteiger partial charge in [-0.25, -0.2) is 0 Å². The van der Waals surface area contributed by atoms with E-state index in [2.05, 4.69) is 25.9 Å². The predicted octanol–water partition coefficient (Wildman–Crippen LogP) is 2.33. The van der Waals surface area contributed by atoms with E-state index in [9.17, 15) is 0 Å². The molecule has 1 rings (SSSR count). The number of aromatic nitrogens is 2. The minimum Gasteiger partial charge on any atom is -0.490 e. The molecule has 0 aliphatic rings. The van der Waals surface area contributed by atoms with Gasteiger partial charge in [0.25, 0.3) is 0 Å². The maximum Gasteiger partial charge on any atom is 0.157 e. The second-order valence-electron chi connectivity index (χ2n) is 3.64. The molecule has 0 aliphatic heterocycles. The third-order valence-electron chi connectivity index (χ3n) is 1.65. The summed E-state index contributed by atoms with van der Waals surface area (Å²) in [6.07, 6.45) is 4.83. The predicted molar refractivity (Wildman–Crippen MR) is 52.9 cm³/mol. The van der Waals surface area contributed by atoms with Gasteiger partial charge in [0.15, 0.2) is 5.75 Å². The van der Waals surface area contributed by atoms with Crippen LogP contribution in [-0.2, 0) is 6.54 Å². The van der Waals surface area contributed by atoms with Gasteiger partial charge in [-0.05, 0) is 12.3 Å². The molecule has 1 aromatic rings. The van der Waals surface area contributed by atoms with Crippen molar-refractivity contribution in [2.45, 2.75) is 33.7 Å². The lowest BCUT2D eigenvalue weighted by Gasteiger charge is -2.04. The monoisotopic (exact) mass is 182 g/mol. The van der Waals surface area contributed by atoms with Crippen molar-refractivity contribution in [1.82, 2.24) is 9.78 Å². The first-order valence-corrected chi connectivity index (χ1v) is 4.87. The van der Waals surface area contributed by atoms with E-state index in [1.165, 1.54) is 0 Å². The Bertz CT molecular complexity index is 243. The van der Waals surface area contributed by atoms with E-state index in [4.69, 9.17) is 4.74 Å². The maximum absolute atomic E-state index is 5.51. The standard InChI is InChI=1S/C10H18N2O/c1-4-5-12-7-10(6-11-12)13-8-9(2)3/h6-7,9H,4-5,8H2,1-3H3. The van der Waals surface area contributed by atoms with Crippen molar-refractivity contribution in [2.75, 3.05) is 6.61 Å². The lowest BCUT2D eigenvalue weighted by Crippen LogP contribution is -2.03. The lowest BCUT2D eigenvalue weighted by molar-refractivity contribution is 0.270. The summed E-state index contributed by atoms with van der Waals surface area (Å²) in [6.45, 7) is 8.13. The average molecular weight is 182 g/mol. The van der Waals surface area contributed by atoms with Crippen molar-refractivity contribution in [3.05, 3.63) is 12.4 Å². The van der Waals surface area contributed by atoms with Crippen LogP contribution in [0.15, 0.2) is 12.4 Å². The molecule has 3 nitrogen and oxygen atoms in total.